The van der Waals surface area contributed by atoms with Crippen LogP contribution in [0.1, 0.15) is 13.8 Å². The van der Waals surface area contributed by atoms with E-state index in [1.807, 2.05) is 26.0 Å². The van der Waals surface area contributed by atoms with Gasteiger partial charge in [-0.25, -0.2) is 0 Å². The first-order chi connectivity index (χ1) is 6.46. The highest BCUT2D eigenvalue weighted by molar-refractivity contribution is 6.07. The Balaban J connectivity index is 2.18. The van der Waals surface area contributed by atoms with Crippen LogP contribution < -0.4 is 5.32 Å². The molecular formula is C10H11NO3. The quantitative estimate of drug-likeness (QED) is 0.435. The maximum absolute atomic E-state index is 11.6. The van der Waals surface area contributed by atoms with Crippen molar-refractivity contribution in [3.8, 4) is 0 Å². The molecule has 14 heavy (non-hydrogen) atoms. The van der Waals surface area contributed by atoms with Crippen LogP contribution in [0.15, 0.2) is 12.2 Å². The molecule has 3 aliphatic heterocycles. The molecule has 0 saturated carbocycles. The van der Waals surface area contributed by atoms with Crippen molar-refractivity contribution >= 4 is 11.8 Å². The normalized spacial score (nSPS) is 53.9. The fourth-order valence-corrected chi connectivity index (χ4v) is 2.97. The lowest BCUT2D eigenvalue weighted by Crippen LogP contribution is -2.36. The van der Waals surface area contributed by atoms with E-state index in [4.69, 9.17) is 4.74 Å². The van der Waals surface area contributed by atoms with E-state index >= 15 is 0 Å². The Morgan fingerprint density at radius 2 is 1.57 bits per heavy atom. The van der Waals surface area contributed by atoms with Gasteiger partial charge in [0.2, 0.25) is 11.8 Å². The molecule has 0 aromatic heterocycles. The number of nitrogens with one attached hydrogen (secondary N) is 1. The second-order valence-electron chi connectivity index (χ2n) is 4.61. The molecule has 74 valence electrons. The van der Waals surface area contributed by atoms with Crippen LogP contribution in [0.2, 0.25) is 0 Å². The van der Waals surface area contributed by atoms with Crippen molar-refractivity contribution in [1.82, 2.24) is 5.32 Å². The predicted molar refractivity (Wildman–Crippen MR) is 47.2 cm³/mol. The molecule has 3 rings (SSSR count). The summed E-state index contributed by atoms with van der Waals surface area (Å²) in [7, 11) is 0. The van der Waals surface area contributed by atoms with Crippen LogP contribution in [0.4, 0.5) is 0 Å². The Morgan fingerprint density at radius 3 is 2.00 bits per heavy atom. The second kappa shape index (κ2) is 1.93. The number of hydrogen-bond acceptors (Lipinski definition) is 3. The van der Waals surface area contributed by atoms with E-state index in [1.165, 1.54) is 0 Å². The Hall–Kier alpha value is -1.16. The van der Waals surface area contributed by atoms with Gasteiger partial charge in [0.1, 0.15) is 0 Å². The highest BCUT2D eigenvalue weighted by atomic mass is 16.5. The van der Waals surface area contributed by atoms with Crippen LogP contribution in [0.25, 0.3) is 0 Å². The minimum atomic E-state index is -0.588. The van der Waals surface area contributed by atoms with Crippen LogP contribution in [0, 0.1) is 11.8 Å². The topological polar surface area (TPSA) is 55.4 Å². The van der Waals surface area contributed by atoms with E-state index in [0.29, 0.717) is 0 Å². The third kappa shape index (κ3) is 0.661. The lowest BCUT2D eigenvalue weighted by atomic mass is 9.73. The van der Waals surface area contributed by atoms with Crippen molar-refractivity contribution in [3.63, 3.8) is 0 Å². The van der Waals surface area contributed by atoms with Crippen molar-refractivity contribution in [2.24, 2.45) is 11.8 Å². The zero-order valence-electron chi connectivity index (χ0n) is 8.03. The van der Waals surface area contributed by atoms with Crippen molar-refractivity contribution in [2.45, 2.75) is 25.0 Å². The molecule has 1 unspecified atom stereocenters. The van der Waals surface area contributed by atoms with E-state index < -0.39 is 11.2 Å². The van der Waals surface area contributed by atoms with E-state index in [1.54, 1.807) is 0 Å². The first-order valence-corrected chi connectivity index (χ1v) is 4.72. The van der Waals surface area contributed by atoms with Crippen LogP contribution in [0.3, 0.4) is 0 Å². The van der Waals surface area contributed by atoms with Gasteiger partial charge in [0.25, 0.3) is 0 Å². The van der Waals surface area contributed by atoms with Crippen molar-refractivity contribution in [2.75, 3.05) is 0 Å². The third-order valence-electron chi connectivity index (χ3n) is 3.56. The molecule has 2 saturated heterocycles. The predicted octanol–water partition coefficient (Wildman–Crippen LogP) is -0.00740. The smallest absolute Gasteiger partial charge is 0.233 e. The van der Waals surface area contributed by atoms with Crippen LogP contribution in [0.5, 0.6) is 0 Å². The number of rotatable bonds is 0. The van der Waals surface area contributed by atoms with Gasteiger partial charge in [0.15, 0.2) is 0 Å². The maximum Gasteiger partial charge on any atom is 0.233 e. The largest absolute Gasteiger partial charge is 0.359 e. The molecular weight excluding hydrogens is 182 g/mol. The summed E-state index contributed by atoms with van der Waals surface area (Å²) in [6.07, 6.45) is 3.79. The van der Waals surface area contributed by atoms with Gasteiger partial charge in [-0.1, -0.05) is 12.2 Å². The summed E-state index contributed by atoms with van der Waals surface area (Å²) >= 11 is 0. The number of fused-ring (bicyclic) bond motifs is 5. The molecule has 0 radical (unpaired) electrons. The minimum Gasteiger partial charge on any atom is -0.359 e. The maximum atomic E-state index is 11.6. The lowest BCUT2D eigenvalue weighted by molar-refractivity contribution is -0.132. The molecule has 0 aromatic rings. The molecule has 3 aliphatic rings. The van der Waals surface area contributed by atoms with Crippen LogP contribution in [-0.2, 0) is 14.3 Å². The summed E-state index contributed by atoms with van der Waals surface area (Å²) < 4.78 is 5.76. The van der Waals surface area contributed by atoms with E-state index in [0.717, 1.165) is 0 Å². The molecule has 4 heteroatoms. The van der Waals surface area contributed by atoms with E-state index in [2.05, 4.69) is 5.32 Å². The highest BCUT2D eigenvalue weighted by Gasteiger charge is 2.68. The van der Waals surface area contributed by atoms with Crippen molar-refractivity contribution < 1.29 is 14.3 Å². The lowest BCUT2D eigenvalue weighted by Gasteiger charge is -2.22. The zero-order valence-corrected chi connectivity index (χ0v) is 8.03. The monoisotopic (exact) mass is 193 g/mol. The summed E-state index contributed by atoms with van der Waals surface area (Å²) in [5.74, 6) is -1.08. The standard InChI is InChI=1S/C10H11NO3/c1-9-3-4-10(2,14-9)6-5(9)7(12)11-8(6)13/h3-6H,1-2H3,(H,11,12,13)/t5-,6+,9+,10?/m1/s1. The summed E-state index contributed by atoms with van der Waals surface area (Å²) in [5.41, 5.74) is -1.18. The minimum absolute atomic E-state index is 0.199. The highest BCUT2D eigenvalue weighted by Crippen LogP contribution is 2.55. The molecule has 2 bridgehead atoms. The zero-order chi connectivity index (χ0) is 10.1. The molecule has 4 atom stereocenters. The number of amides is 2. The van der Waals surface area contributed by atoms with Gasteiger partial charge in [-0.05, 0) is 13.8 Å². The summed E-state index contributed by atoms with van der Waals surface area (Å²) in [5, 5.41) is 2.37. The average Bonchev–Trinajstić information content (AvgIpc) is 2.60. The molecule has 1 N–H and O–H groups in total. The van der Waals surface area contributed by atoms with Crippen LogP contribution >= 0.6 is 0 Å². The van der Waals surface area contributed by atoms with Crippen molar-refractivity contribution in [1.29, 1.82) is 0 Å². The summed E-state index contributed by atoms with van der Waals surface area (Å²) in [6, 6.07) is 0. The van der Waals surface area contributed by atoms with Gasteiger partial charge >= 0.3 is 0 Å². The molecule has 0 aromatic carbocycles. The molecule has 2 fully saturated rings. The average molecular weight is 193 g/mol. The Bertz CT molecular complexity index is 355. The summed E-state index contributed by atoms with van der Waals surface area (Å²) in [6.45, 7) is 3.72. The molecule has 4 nitrogen and oxygen atoms in total. The SMILES string of the molecule is CC12C=C[C@](C)(O1)[C@H]1C(=O)NC(=O)[C@H]12. The fraction of sp³-hybridized carbons (Fsp3) is 0.600. The van der Waals surface area contributed by atoms with Gasteiger partial charge in [-0.15, -0.1) is 0 Å². The molecule has 3 heterocycles. The number of carbonyl (C=O) groups excluding carboxylic acids is 2. The number of carbonyl (C=O) groups is 2. The van der Waals surface area contributed by atoms with E-state index in [9.17, 15) is 9.59 Å². The summed E-state index contributed by atoms with van der Waals surface area (Å²) in [4.78, 5) is 23.1. The van der Waals surface area contributed by atoms with Crippen LogP contribution in [-0.4, -0.2) is 23.0 Å². The fourth-order valence-electron chi connectivity index (χ4n) is 2.97. The van der Waals surface area contributed by atoms with Crippen molar-refractivity contribution in [3.05, 3.63) is 12.2 Å². The van der Waals surface area contributed by atoms with Gasteiger partial charge < -0.3 is 4.74 Å². The van der Waals surface area contributed by atoms with Gasteiger partial charge in [0, 0.05) is 0 Å². The molecule has 2 amide bonds. The van der Waals surface area contributed by atoms with Gasteiger partial charge in [-0.3, -0.25) is 14.9 Å². The van der Waals surface area contributed by atoms with E-state index in [-0.39, 0.29) is 23.7 Å². The number of ether oxygens (including phenoxy) is 1. The second-order valence-corrected chi connectivity index (χ2v) is 4.61. The first kappa shape index (κ1) is 8.17. The molecule has 0 aliphatic carbocycles. The first-order valence-electron chi connectivity index (χ1n) is 4.72. The Kier molecular flexibility index (Phi) is 1.13. The van der Waals surface area contributed by atoms with Gasteiger partial charge in [-0.2, -0.15) is 0 Å². The number of hydrogen-bond donors (Lipinski definition) is 1. The Morgan fingerprint density at radius 1 is 1.14 bits per heavy atom. The molecule has 0 spiro atoms. The van der Waals surface area contributed by atoms with Gasteiger partial charge in [0.05, 0.1) is 23.0 Å². The Labute approximate surface area is 81.3 Å². The number of imide groups is 1. The third-order valence-corrected chi connectivity index (χ3v) is 3.56.